The second-order valence-electron chi connectivity index (χ2n) is 8.51. The number of nitrogens with zero attached hydrogens (tertiary/aromatic N) is 5. The number of carbonyl (C=O) groups is 2. The zero-order valence-corrected chi connectivity index (χ0v) is 17.8. The number of fused-ring (bicyclic) bond motifs is 1. The Morgan fingerprint density at radius 1 is 1.31 bits per heavy atom. The average Bonchev–Trinajstić information content (AvgIpc) is 2.97. The molecule has 0 atom stereocenters. The molecule has 2 aromatic heterocycles. The van der Waals surface area contributed by atoms with E-state index in [4.69, 9.17) is 4.74 Å². The first-order valence-electron chi connectivity index (χ1n) is 9.09. The topological polar surface area (TPSA) is 101 Å². The van der Waals surface area contributed by atoms with Gasteiger partial charge in [-0.05, 0) is 34.6 Å². The van der Waals surface area contributed by atoms with E-state index in [2.05, 4.69) is 9.97 Å². The maximum atomic E-state index is 13.1. The van der Waals surface area contributed by atoms with E-state index in [1.165, 1.54) is 6.20 Å². The summed E-state index contributed by atoms with van der Waals surface area (Å²) in [6.07, 6.45) is 2.26. The fraction of sp³-hybridized carbons (Fsp3) is 0.556. The van der Waals surface area contributed by atoms with Crippen LogP contribution in [0.2, 0.25) is 0 Å². The van der Waals surface area contributed by atoms with E-state index in [1.807, 2.05) is 39.5 Å². The SMILES string of the molecule is CC(C)(C)OC(=O)N1CCN(c2cnc3c(n2)c(C(=O)O)cn3SF)CC1(C)C. The van der Waals surface area contributed by atoms with Gasteiger partial charge in [-0.25, -0.2) is 23.5 Å². The number of rotatable bonds is 3. The molecule has 2 aromatic rings. The van der Waals surface area contributed by atoms with Crippen molar-refractivity contribution in [2.75, 3.05) is 24.5 Å². The van der Waals surface area contributed by atoms with Gasteiger partial charge in [0.15, 0.2) is 18.0 Å². The van der Waals surface area contributed by atoms with Crippen LogP contribution in [0.15, 0.2) is 12.4 Å². The molecule has 3 rings (SSSR count). The molecule has 0 spiro atoms. The first kappa shape index (κ1) is 21.2. The Morgan fingerprint density at radius 2 is 2.00 bits per heavy atom. The molecule has 0 aromatic carbocycles. The lowest BCUT2D eigenvalue weighted by atomic mass is 9.99. The number of ether oxygens (including phenoxy) is 1. The number of aromatic nitrogens is 3. The van der Waals surface area contributed by atoms with Crippen LogP contribution in [0.5, 0.6) is 0 Å². The number of amides is 1. The van der Waals surface area contributed by atoms with Gasteiger partial charge in [-0.1, -0.05) is 0 Å². The number of carboxylic acid groups (broad SMARTS) is 1. The molecule has 11 heteroatoms. The molecular weight excluding hydrogens is 401 g/mol. The van der Waals surface area contributed by atoms with Gasteiger partial charge in [-0.15, -0.1) is 3.89 Å². The summed E-state index contributed by atoms with van der Waals surface area (Å²) < 4.78 is 19.6. The van der Waals surface area contributed by atoms with E-state index in [0.29, 0.717) is 25.5 Å². The van der Waals surface area contributed by atoms with Gasteiger partial charge >= 0.3 is 12.1 Å². The van der Waals surface area contributed by atoms with Crippen LogP contribution in [0.25, 0.3) is 11.2 Å². The van der Waals surface area contributed by atoms with E-state index in [-0.39, 0.29) is 35.2 Å². The Bertz CT molecular complexity index is 956. The molecule has 0 bridgehead atoms. The Morgan fingerprint density at radius 3 is 2.55 bits per heavy atom. The highest BCUT2D eigenvalue weighted by Gasteiger charge is 2.39. The van der Waals surface area contributed by atoms with Crippen molar-refractivity contribution >= 4 is 41.4 Å². The molecule has 0 saturated carbocycles. The van der Waals surface area contributed by atoms with Crippen LogP contribution in [0.3, 0.4) is 0 Å². The van der Waals surface area contributed by atoms with Crippen molar-refractivity contribution in [1.29, 1.82) is 0 Å². The Balaban J connectivity index is 1.87. The summed E-state index contributed by atoms with van der Waals surface area (Å²) in [5.41, 5.74) is -0.993. The van der Waals surface area contributed by atoms with Gasteiger partial charge in [0.1, 0.15) is 22.5 Å². The quantitative estimate of drug-likeness (QED) is 0.799. The number of anilines is 1. The van der Waals surface area contributed by atoms with Crippen molar-refractivity contribution in [1.82, 2.24) is 18.8 Å². The summed E-state index contributed by atoms with van der Waals surface area (Å²) in [4.78, 5) is 36.3. The minimum absolute atomic E-state index is 0.118. The predicted octanol–water partition coefficient (Wildman–Crippen LogP) is 3.35. The summed E-state index contributed by atoms with van der Waals surface area (Å²) in [7, 11) is 0. The highest BCUT2D eigenvalue weighted by atomic mass is 32.2. The lowest BCUT2D eigenvalue weighted by Crippen LogP contribution is -2.62. The highest BCUT2D eigenvalue weighted by Crippen LogP contribution is 2.29. The lowest BCUT2D eigenvalue weighted by Gasteiger charge is -2.47. The summed E-state index contributed by atoms with van der Waals surface area (Å²) in [5, 5.41) is 9.38. The van der Waals surface area contributed by atoms with Crippen molar-refractivity contribution in [2.24, 2.45) is 0 Å². The molecule has 3 heterocycles. The Labute approximate surface area is 172 Å². The summed E-state index contributed by atoms with van der Waals surface area (Å²) >= 11 is -0.135. The van der Waals surface area contributed by atoms with Crippen molar-refractivity contribution in [3.05, 3.63) is 18.0 Å². The maximum Gasteiger partial charge on any atom is 0.410 e. The summed E-state index contributed by atoms with van der Waals surface area (Å²) in [5.74, 6) is -0.733. The number of carboxylic acids is 1. The monoisotopic (exact) mass is 425 g/mol. The average molecular weight is 425 g/mol. The number of carbonyl (C=O) groups excluding carboxylic acids is 1. The van der Waals surface area contributed by atoms with E-state index >= 15 is 0 Å². The first-order chi connectivity index (χ1) is 13.4. The highest BCUT2D eigenvalue weighted by molar-refractivity contribution is 7.92. The largest absolute Gasteiger partial charge is 0.478 e. The molecular formula is C18H24FN5O4S. The third-order valence-corrected chi connectivity index (χ3v) is 5.02. The van der Waals surface area contributed by atoms with Gasteiger partial charge in [0, 0.05) is 25.8 Å². The molecule has 1 amide bonds. The Kier molecular flexibility index (Phi) is 5.37. The van der Waals surface area contributed by atoms with Crippen LogP contribution in [-0.2, 0) is 4.74 Å². The third-order valence-electron chi connectivity index (χ3n) is 4.60. The maximum absolute atomic E-state index is 13.1. The van der Waals surface area contributed by atoms with Crippen LogP contribution in [-0.4, -0.2) is 66.8 Å². The zero-order chi connectivity index (χ0) is 21.6. The number of hydrogen-bond donors (Lipinski definition) is 1. The van der Waals surface area contributed by atoms with Crippen molar-refractivity contribution in [2.45, 2.75) is 45.8 Å². The summed E-state index contributed by atoms with van der Waals surface area (Å²) in [6.45, 7) is 10.6. The number of piperazine rings is 1. The Hall–Kier alpha value is -2.56. The van der Waals surface area contributed by atoms with Crippen LogP contribution < -0.4 is 4.90 Å². The van der Waals surface area contributed by atoms with Crippen molar-refractivity contribution in [3.8, 4) is 0 Å². The van der Waals surface area contributed by atoms with Crippen LogP contribution in [0, 0.1) is 0 Å². The second kappa shape index (κ2) is 7.36. The van der Waals surface area contributed by atoms with E-state index < -0.39 is 17.1 Å². The number of halogens is 1. The molecule has 1 saturated heterocycles. The van der Waals surface area contributed by atoms with Crippen LogP contribution >= 0.6 is 12.3 Å². The first-order valence-corrected chi connectivity index (χ1v) is 9.76. The third kappa shape index (κ3) is 4.24. The van der Waals surface area contributed by atoms with Crippen LogP contribution in [0.1, 0.15) is 45.0 Å². The van der Waals surface area contributed by atoms with E-state index in [1.54, 1.807) is 4.90 Å². The fourth-order valence-corrected chi connectivity index (χ4v) is 3.67. The van der Waals surface area contributed by atoms with Gasteiger partial charge in [-0.3, -0.25) is 4.90 Å². The molecule has 1 fully saturated rings. The van der Waals surface area contributed by atoms with Gasteiger partial charge in [0.2, 0.25) is 0 Å². The number of hydrogen-bond acceptors (Lipinski definition) is 7. The smallest absolute Gasteiger partial charge is 0.410 e. The predicted molar refractivity (Wildman–Crippen MR) is 108 cm³/mol. The van der Waals surface area contributed by atoms with Crippen molar-refractivity contribution in [3.63, 3.8) is 0 Å². The normalized spacial score (nSPS) is 16.9. The molecule has 1 aliphatic rings. The molecule has 158 valence electrons. The van der Waals surface area contributed by atoms with E-state index in [0.717, 1.165) is 10.2 Å². The molecule has 0 aliphatic carbocycles. The zero-order valence-electron chi connectivity index (χ0n) is 17.0. The minimum atomic E-state index is -1.20. The van der Waals surface area contributed by atoms with Gasteiger partial charge < -0.3 is 14.7 Å². The minimum Gasteiger partial charge on any atom is -0.478 e. The van der Waals surface area contributed by atoms with Crippen LogP contribution in [0.4, 0.5) is 14.5 Å². The van der Waals surface area contributed by atoms with Gasteiger partial charge in [0.25, 0.3) is 0 Å². The fourth-order valence-electron chi connectivity index (χ4n) is 3.32. The molecule has 1 N–H and O–H groups in total. The molecule has 29 heavy (non-hydrogen) atoms. The van der Waals surface area contributed by atoms with Crippen molar-refractivity contribution < 1.29 is 23.3 Å². The number of aromatic carboxylic acids is 1. The molecule has 9 nitrogen and oxygen atoms in total. The second-order valence-corrected chi connectivity index (χ2v) is 9.04. The molecule has 0 radical (unpaired) electrons. The molecule has 0 unspecified atom stereocenters. The summed E-state index contributed by atoms with van der Waals surface area (Å²) in [6, 6.07) is 0. The van der Waals surface area contributed by atoms with Gasteiger partial charge in [-0.2, -0.15) is 0 Å². The lowest BCUT2D eigenvalue weighted by molar-refractivity contribution is 0.000290. The van der Waals surface area contributed by atoms with E-state index in [9.17, 15) is 18.6 Å². The standard InChI is InChI=1S/C18H24FN5O4S/c1-17(2,3)28-16(27)23-7-6-22(10-18(23,4)5)12-8-20-14-13(21-12)11(15(25)26)9-24(14)29-19/h8-9H,6-7,10H2,1-5H3,(H,25,26). The molecule has 1 aliphatic heterocycles. The van der Waals surface area contributed by atoms with Gasteiger partial charge in [0.05, 0.1) is 11.7 Å².